The fraction of sp³-hybridized carbons (Fsp3) is 0.158. The van der Waals surface area contributed by atoms with Gasteiger partial charge in [0.15, 0.2) is 0 Å². The second kappa shape index (κ2) is 21.3. The maximum absolute atomic E-state index is 9.05. The summed E-state index contributed by atoms with van der Waals surface area (Å²) in [7, 11) is 3.14. The molecule has 7 N–H and O–H groups in total. The van der Waals surface area contributed by atoms with Crippen molar-refractivity contribution < 1.29 is 19.7 Å². The molecule has 12 nitrogen and oxygen atoms in total. The minimum atomic E-state index is 0.0154. The number of anilines is 5. The fourth-order valence-electron chi connectivity index (χ4n) is 4.51. The van der Waals surface area contributed by atoms with Gasteiger partial charge < -0.3 is 41.4 Å². The first-order chi connectivity index (χ1) is 25.8. The van der Waals surface area contributed by atoms with Crippen LogP contribution < -0.4 is 31.2 Å². The second-order valence-corrected chi connectivity index (χ2v) is 11.9. The Morgan fingerprint density at radius 3 is 1.51 bits per heavy atom. The molecule has 0 saturated heterocycles. The molecule has 53 heavy (non-hydrogen) atoms. The third-order valence-electron chi connectivity index (χ3n) is 6.92. The van der Waals surface area contributed by atoms with E-state index >= 15 is 0 Å². The summed E-state index contributed by atoms with van der Waals surface area (Å²) in [6.45, 7) is 0.889. The summed E-state index contributed by atoms with van der Waals surface area (Å²) in [4.78, 5) is 17.7. The molecule has 0 bridgehead atoms. The molecule has 2 aromatic heterocycles. The summed E-state index contributed by atoms with van der Waals surface area (Å²) in [5.74, 6) is 2.65. The van der Waals surface area contributed by atoms with Gasteiger partial charge in [0, 0.05) is 47.7 Å². The molecule has 0 saturated carbocycles. The van der Waals surface area contributed by atoms with Gasteiger partial charge in [-0.25, -0.2) is 15.0 Å². The van der Waals surface area contributed by atoms with Gasteiger partial charge in [-0.05, 0) is 36.4 Å². The van der Waals surface area contributed by atoms with Crippen LogP contribution in [-0.2, 0) is 0 Å². The number of aliphatic hydroxyl groups excluding tert-OH is 2. The van der Waals surface area contributed by atoms with Crippen LogP contribution in [0.15, 0.2) is 109 Å². The number of nitrogens with zero attached hydrogens (tertiary/aromatic N) is 4. The van der Waals surface area contributed by atoms with Crippen molar-refractivity contribution in [2.45, 2.75) is 0 Å². The normalized spacial score (nSPS) is 10.2. The van der Waals surface area contributed by atoms with Gasteiger partial charge in [-0.2, -0.15) is 4.98 Å². The van der Waals surface area contributed by atoms with E-state index in [0.717, 1.165) is 33.9 Å². The van der Waals surface area contributed by atoms with E-state index in [1.54, 1.807) is 44.6 Å². The Morgan fingerprint density at radius 1 is 0.604 bits per heavy atom. The van der Waals surface area contributed by atoms with E-state index in [-0.39, 0.29) is 13.2 Å². The van der Waals surface area contributed by atoms with Crippen molar-refractivity contribution in [1.29, 1.82) is 0 Å². The van der Waals surface area contributed by atoms with Gasteiger partial charge >= 0.3 is 0 Å². The third kappa shape index (κ3) is 12.8. The van der Waals surface area contributed by atoms with E-state index in [2.05, 4.69) is 35.9 Å². The van der Waals surface area contributed by atoms with Crippen molar-refractivity contribution >= 4 is 63.9 Å². The highest BCUT2D eigenvalue weighted by Crippen LogP contribution is 2.31. The lowest BCUT2D eigenvalue weighted by Crippen LogP contribution is -2.09. The van der Waals surface area contributed by atoms with Crippen molar-refractivity contribution in [3.8, 4) is 34.0 Å². The van der Waals surface area contributed by atoms with Gasteiger partial charge in [0.2, 0.25) is 11.9 Å². The van der Waals surface area contributed by atoms with Crippen LogP contribution >= 0.6 is 34.8 Å². The van der Waals surface area contributed by atoms with Gasteiger partial charge in [-0.1, -0.05) is 95.5 Å². The number of nitrogens with one attached hydrogen (secondary N) is 3. The topological polar surface area (TPSA) is 173 Å². The Morgan fingerprint density at radius 2 is 1.08 bits per heavy atom. The molecule has 0 aliphatic carbocycles. The minimum absolute atomic E-state index is 0.0154. The number of hydrogen-bond acceptors (Lipinski definition) is 12. The molecule has 0 unspecified atom stereocenters. The molecule has 0 spiro atoms. The maximum atomic E-state index is 9.05. The van der Waals surface area contributed by atoms with Crippen LogP contribution in [0.4, 0.5) is 29.1 Å². The van der Waals surface area contributed by atoms with Crippen molar-refractivity contribution in [2.24, 2.45) is 5.73 Å². The molecular formula is C38H39Cl3N8O4. The molecular weight excluding hydrogens is 739 g/mol. The number of methoxy groups -OCH3 is 2. The SMILES string of the molecule is COc1ccc(Nc2nc(Cl)cc(-c3ccccc3)n2)cc1Cl.COc1ccc(Nc2nc(NCCO)cc(-c3ccccc3)n2)cc1Cl.NCCO. The fourth-order valence-corrected chi connectivity index (χ4v) is 5.21. The predicted molar refractivity (Wildman–Crippen MR) is 214 cm³/mol. The monoisotopic (exact) mass is 776 g/mol. The van der Waals surface area contributed by atoms with Crippen LogP contribution in [0, 0.1) is 0 Å². The molecule has 0 fully saturated rings. The molecule has 15 heteroatoms. The Labute approximate surface area is 323 Å². The molecule has 0 amide bonds. The molecule has 6 aromatic rings. The number of aromatic nitrogens is 4. The molecule has 4 aromatic carbocycles. The van der Waals surface area contributed by atoms with Gasteiger partial charge in [0.25, 0.3) is 0 Å². The summed E-state index contributed by atoms with van der Waals surface area (Å²) in [6.07, 6.45) is 0. The molecule has 0 aliphatic heterocycles. The third-order valence-corrected chi connectivity index (χ3v) is 7.71. The molecule has 0 aliphatic rings. The van der Waals surface area contributed by atoms with Crippen LogP contribution in [0.3, 0.4) is 0 Å². The highest BCUT2D eigenvalue weighted by Gasteiger charge is 2.10. The lowest BCUT2D eigenvalue weighted by atomic mass is 10.1. The summed E-state index contributed by atoms with van der Waals surface area (Å²) >= 11 is 18.4. The van der Waals surface area contributed by atoms with Gasteiger partial charge in [-0.3, -0.25) is 0 Å². The molecule has 276 valence electrons. The van der Waals surface area contributed by atoms with E-state index in [9.17, 15) is 0 Å². The Hall–Kier alpha value is -5.21. The molecule has 0 radical (unpaired) electrons. The number of halogens is 3. The zero-order chi connectivity index (χ0) is 38.0. The largest absolute Gasteiger partial charge is 0.495 e. The Balaban J connectivity index is 0.000000216. The van der Waals surface area contributed by atoms with Crippen LogP contribution in [0.5, 0.6) is 11.5 Å². The lowest BCUT2D eigenvalue weighted by Gasteiger charge is -2.12. The first kappa shape index (κ1) is 40.6. The summed E-state index contributed by atoms with van der Waals surface area (Å²) < 4.78 is 10.3. The van der Waals surface area contributed by atoms with Gasteiger partial charge in [0.1, 0.15) is 22.5 Å². The maximum Gasteiger partial charge on any atom is 0.229 e. The van der Waals surface area contributed by atoms with E-state index in [1.807, 2.05) is 78.9 Å². The number of ether oxygens (including phenoxy) is 2. The van der Waals surface area contributed by atoms with Gasteiger partial charge in [-0.15, -0.1) is 0 Å². The van der Waals surface area contributed by atoms with E-state index in [0.29, 0.717) is 57.5 Å². The zero-order valence-corrected chi connectivity index (χ0v) is 31.2. The first-order valence-corrected chi connectivity index (χ1v) is 17.3. The summed E-state index contributed by atoms with van der Waals surface area (Å²) in [5.41, 5.74) is 9.72. The van der Waals surface area contributed by atoms with E-state index in [1.165, 1.54) is 0 Å². The minimum Gasteiger partial charge on any atom is -0.495 e. The number of benzene rings is 4. The second-order valence-electron chi connectivity index (χ2n) is 10.7. The van der Waals surface area contributed by atoms with Crippen LogP contribution in [-0.4, -0.2) is 70.7 Å². The average molecular weight is 778 g/mol. The van der Waals surface area contributed by atoms with E-state index in [4.69, 9.17) is 60.2 Å². The van der Waals surface area contributed by atoms with Crippen LogP contribution in [0.2, 0.25) is 15.2 Å². The quantitative estimate of drug-likeness (QED) is 0.0661. The van der Waals surface area contributed by atoms with Crippen molar-refractivity contribution in [3.63, 3.8) is 0 Å². The predicted octanol–water partition coefficient (Wildman–Crippen LogP) is 8.09. The van der Waals surface area contributed by atoms with Crippen molar-refractivity contribution in [2.75, 3.05) is 56.5 Å². The van der Waals surface area contributed by atoms with Crippen LogP contribution in [0.25, 0.3) is 22.5 Å². The smallest absolute Gasteiger partial charge is 0.229 e. The lowest BCUT2D eigenvalue weighted by molar-refractivity contribution is 0.306. The number of hydrogen-bond donors (Lipinski definition) is 6. The highest BCUT2D eigenvalue weighted by molar-refractivity contribution is 6.32. The Bertz CT molecular complexity index is 2030. The van der Waals surface area contributed by atoms with Crippen molar-refractivity contribution in [3.05, 3.63) is 124 Å². The summed E-state index contributed by atoms with van der Waals surface area (Å²) in [6, 6.07) is 33.9. The summed E-state index contributed by atoms with van der Waals surface area (Å²) in [5, 5.41) is 27.5. The number of nitrogens with two attached hydrogens (primary N) is 1. The van der Waals surface area contributed by atoms with Crippen molar-refractivity contribution in [1.82, 2.24) is 19.9 Å². The molecule has 6 rings (SSSR count). The molecule has 2 heterocycles. The molecule has 0 atom stereocenters. The zero-order valence-electron chi connectivity index (χ0n) is 28.9. The van der Waals surface area contributed by atoms with Gasteiger partial charge in [0.05, 0.1) is 48.9 Å². The van der Waals surface area contributed by atoms with E-state index < -0.39 is 0 Å². The highest BCUT2D eigenvalue weighted by atomic mass is 35.5. The first-order valence-electron chi connectivity index (χ1n) is 16.2. The van der Waals surface area contributed by atoms with Crippen LogP contribution in [0.1, 0.15) is 0 Å². The number of rotatable bonds is 12. The standard InChI is InChI=1S/C19H19ClN4O2.C17H13Cl2N3O.C2H7NO/c1-26-17-8-7-14(11-15(17)20)22-19-23-16(13-5-3-2-4-6-13)12-18(24-19)21-9-10-25;1-23-15-8-7-12(9-13(15)18)20-17-21-14(10-16(19)22-17)11-5-3-2-4-6-11;3-1-2-4/h2-8,11-12,25H,9-10H2,1H3,(H2,21,22,23,24);2-10H,1H3,(H,20,21,22);4H,1-3H2. The Kier molecular flexibility index (Phi) is 16.3. The average Bonchev–Trinajstić information content (AvgIpc) is 3.18. The number of aliphatic hydroxyl groups is 2.